The van der Waals surface area contributed by atoms with Crippen molar-refractivity contribution < 1.29 is 35.5 Å². The number of anilines is 1. The number of aromatic nitrogens is 2. The third-order valence-corrected chi connectivity index (χ3v) is 5.79. The average molecular weight is 500 g/mol. The Morgan fingerprint density at radius 1 is 0.829 bits per heavy atom. The lowest BCUT2D eigenvalue weighted by atomic mass is 9.91. The molecule has 0 aliphatic heterocycles. The topological polar surface area (TPSA) is 66.9 Å². The highest BCUT2D eigenvalue weighted by atomic mass is 19.4. The molecule has 0 unspecified atom stereocenters. The Balaban J connectivity index is 1.50. The summed E-state index contributed by atoms with van der Waals surface area (Å²) in [6.07, 6.45) is -7.74. The number of carbonyl (C=O) groups excluding carboxylic acids is 1. The van der Waals surface area contributed by atoms with Crippen LogP contribution in [0.25, 0.3) is 10.9 Å². The number of hydrogen-bond donors (Lipinski definition) is 2. The molecule has 0 radical (unpaired) electrons. The number of hydrogen-bond acceptors (Lipinski definition) is 4. The highest BCUT2D eigenvalue weighted by molar-refractivity contribution is 5.94. The van der Waals surface area contributed by atoms with E-state index in [0.29, 0.717) is 37.3 Å². The Hall–Kier alpha value is -3.44. The van der Waals surface area contributed by atoms with Gasteiger partial charge < -0.3 is 10.6 Å². The van der Waals surface area contributed by atoms with Crippen LogP contribution in [0.15, 0.2) is 42.5 Å². The quantitative estimate of drug-likeness (QED) is 0.434. The Kier molecular flexibility index (Phi) is 6.56. The van der Waals surface area contributed by atoms with Crippen molar-refractivity contribution in [3.8, 4) is 0 Å². The van der Waals surface area contributed by atoms with Gasteiger partial charge in [-0.3, -0.25) is 4.79 Å². The first-order chi connectivity index (χ1) is 16.4. The van der Waals surface area contributed by atoms with Gasteiger partial charge in [0.05, 0.1) is 11.1 Å². The van der Waals surface area contributed by atoms with Crippen molar-refractivity contribution in [2.45, 2.75) is 50.1 Å². The van der Waals surface area contributed by atoms with Crippen LogP contribution in [-0.2, 0) is 12.4 Å². The van der Waals surface area contributed by atoms with Crippen LogP contribution in [0.1, 0.15) is 47.4 Å². The fraction of sp³-hybridized carbons (Fsp3) is 0.348. The molecule has 3 aromatic rings. The summed E-state index contributed by atoms with van der Waals surface area (Å²) in [6, 6.07) is 6.75. The summed E-state index contributed by atoms with van der Waals surface area (Å²) in [7, 11) is 0. The minimum absolute atomic E-state index is 0.167. The normalized spacial score (nSPS) is 18.9. The van der Waals surface area contributed by atoms with E-state index < -0.39 is 29.6 Å². The molecule has 1 heterocycles. The zero-order valence-electron chi connectivity index (χ0n) is 18.0. The van der Waals surface area contributed by atoms with Crippen molar-refractivity contribution in [3.63, 3.8) is 0 Å². The molecule has 1 saturated carbocycles. The molecule has 0 bridgehead atoms. The molecule has 186 valence electrons. The summed E-state index contributed by atoms with van der Waals surface area (Å²) < 4.78 is 92.4. The van der Waals surface area contributed by atoms with E-state index in [0.717, 1.165) is 12.1 Å². The lowest BCUT2D eigenvalue weighted by Crippen LogP contribution is -2.40. The van der Waals surface area contributed by atoms with Crippen LogP contribution in [0.2, 0.25) is 0 Å². The summed E-state index contributed by atoms with van der Waals surface area (Å²) in [4.78, 5) is 19.2. The fourth-order valence-corrected chi connectivity index (χ4v) is 3.99. The standard InChI is InChI=1S/C23H19F7N4O/c24-14-4-1-12(2-5-14)20(35)32-16-8-6-15(7-9-16)31-19-17-11-13(22(25,26)27)3-10-18(17)33-21(34-19)23(28,29)30/h1-5,10-11,15-16H,6-9H2,(H,32,35)(H,31,33,34). The largest absolute Gasteiger partial charge is 0.451 e. The van der Waals surface area contributed by atoms with Gasteiger partial charge in [-0.15, -0.1) is 0 Å². The van der Waals surface area contributed by atoms with Crippen molar-refractivity contribution >= 4 is 22.6 Å². The molecule has 12 heteroatoms. The highest BCUT2D eigenvalue weighted by Crippen LogP contribution is 2.36. The maximum Gasteiger partial charge on any atom is 0.451 e. The first kappa shape index (κ1) is 24.7. The highest BCUT2D eigenvalue weighted by Gasteiger charge is 2.37. The van der Waals surface area contributed by atoms with Crippen LogP contribution < -0.4 is 10.6 Å². The Morgan fingerprint density at radius 2 is 1.46 bits per heavy atom. The molecule has 1 aromatic heterocycles. The molecule has 2 N–H and O–H groups in total. The number of nitrogens with one attached hydrogen (secondary N) is 2. The summed E-state index contributed by atoms with van der Waals surface area (Å²) in [6.45, 7) is 0. The minimum atomic E-state index is -4.88. The molecule has 0 atom stereocenters. The third-order valence-electron chi connectivity index (χ3n) is 5.79. The van der Waals surface area contributed by atoms with Gasteiger partial charge in [-0.2, -0.15) is 26.3 Å². The van der Waals surface area contributed by atoms with Crippen LogP contribution in [0.3, 0.4) is 0 Å². The van der Waals surface area contributed by atoms with E-state index in [2.05, 4.69) is 20.6 Å². The zero-order valence-corrected chi connectivity index (χ0v) is 18.0. The number of halogens is 7. The molecule has 1 amide bonds. The molecule has 0 spiro atoms. The van der Waals surface area contributed by atoms with Crippen LogP contribution in [0.4, 0.5) is 36.6 Å². The predicted molar refractivity (Wildman–Crippen MR) is 113 cm³/mol. The third kappa shape index (κ3) is 5.80. The second-order valence-electron chi connectivity index (χ2n) is 8.30. The Morgan fingerprint density at radius 3 is 2.06 bits per heavy atom. The van der Waals surface area contributed by atoms with E-state index in [-0.39, 0.29) is 34.7 Å². The number of carbonyl (C=O) groups is 1. The second kappa shape index (κ2) is 9.31. The molecular formula is C23H19F7N4O. The fourth-order valence-electron chi connectivity index (χ4n) is 3.99. The number of fused-ring (bicyclic) bond motifs is 1. The van der Waals surface area contributed by atoms with E-state index in [1.54, 1.807) is 0 Å². The monoisotopic (exact) mass is 500 g/mol. The smallest absolute Gasteiger partial charge is 0.367 e. The number of rotatable bonds is 4. The first-order valence-corrected chi connectivity index (χ1v) is 10.7. The van der Waals surface area contributed by atoms with E-state index in [1.807, 2.05) is 0 Å². The molecule has 4 rings (SSSR count). The molecule has 1 aliphatic carbocycles. The first-order valence-electron chi connectivity index (χ1n) is 10.7. The summed E-state index contributed by atoms with van der Waals surface area (Å²) in [5, 5.41) is 5.52. The number of alkyl halides is 6. The van der Waals surface area contributed by atoms with Gasteiger partial charge in [0.15, 0.2) is 0 Å². The van der Waals surface area contributed by atoms with Gasteiger partial charge >= 0.3 is 12.4 Å². The maximum atomic E-state index is 13.3. The van der Waals surface area contributed by atoms with Crippen molar-refractivity contribution in [3.05, 3.63) is 65.2 Å². The summed E-state index contributed by atoms with van der Waals surface area (Å²) >= 11 is 0. The lowest BCUT2D eigenvalue weighted by molar-refractivity contribution is -0.144. The van der Waals surface area contributed by atoms with E-state index in [4.69, 9.17) is 0 Å². The van der Waals surface area contributed by atoms with Crippen LogP contribution in [-0.4, -0.2) is 28.0 Å². The minimum Gasteiger partial charge on any atom is -0.367 e. The molecule has 2 aromatic carbocycles. The SMILES string of the molecule is O=C(NC1CCC(Nc2nc(C(F)(F)F)nc3ccc(C(F)(F)F)cc23)CC1)c1ccc(F)cc1. The number of nitrogens with zero attached hydrogens (tertiary/aromatic N) is 2. The van der Waals surface area contributed by atoms with Crippen LogP contribution in [0.5, 0.6) is 0 Å². The summed E-state index contributed by atoms with van der Waals surface area (Å²) in [5.41, 5.74) is -0.994. The van der Waals surface area contributed by atoms with E-state index in [1.165, 1.54) is 24.3 Å². The van der Waals surface area contributed by atoms with Gasteiger partial charge in [0.1, 0.15) is 11.6 Å². The molecular weight excluding hydrogens is 481 g/mol. The summed E-state index contributed by atoms with van der Waals surface area (Å²) in [5.74, 6) is -2.63. The lowest BCUT2D eigenvalue weighted by Gasteiger charge is -2.30. The van der Waals surface area contributed by atoms with Crippen LogP contribution in [0, 0.1) is 5.82 Å². The maximum absolute atomic E-state index is 13.3. The van der Waals surface area contributed by atoms with Gasteiger partial charge in [-0.05, 0) is 68.1 Å². The van der Waals surface area contributed by atoms with Gasteiger partial charge in [0, 0.05) is 23.0 Å². The molecule has 5 nitrogen and oxygen atoms in total. The molecule has 1 fully saturated rings. The van der Waals surface area contributed by atoms with Crippen LogP contribution >= 0.6 is 0 Å². The molecule has 35 heavy (non-hydrogen) atoms. The van der Waals surface area contributed by atoms with Crippen molar-refractivity contribution in [2.75, 3.05) is 5.32 Å². The number of amides is 1. The van der Waals surface area contributed by atoms with Gasteiger partial charge in [0.2, 0.25) is 5.82 Å². The van der Waals surface area contributed by atoms with Gasteiger partial charge in [0.25, 0.3) is 5.91 Å². The number of benzene rings is 2. The van der Waals surface area contributed by atoms with E-state index >= 15 is 0 Å². The van der Waals surface area contributed by atoms with Gasteiger partial charge in [-0.1, -0.05) is 0 Å². The van der Waals surface area contributed by atoms with E-state index in [9.17, 15) is 35.5 Å². The molecule has 0 saturated heterocycles. The van der Waals surface area contributed by atoms with Crippen molar-refractivity contribution in [1.82, 2.24) is 15.3 Å². The Bertz CT molecular complexity index is 1220. The van der Waals surface area contributed by atoms with Crippen molar-refractivity contribution in [2.24, 2.45) is 0 Å². The zero-order chi connectivity index (χ0) is 25.4. The average Bonchev–Trinajstić information content (AvgIpc) is 2.79. The molecule has 1 aliphatic rings. The predicted octanol–water partition coefficient (Wildman–Crippen LogP) is 5.96. The van der Waals surface area contributed by atoms with Crippen molar-refractivity contribution in [1.29, 1.82) is 0 Å². The second-order valence-corrected chi connectivity index (χ2v) is 8.30. The Labute approximate surface area is 194 Å². The van der Waals surface area contributed by atoms with Gasteiger partial charge in [-0.25, -0.2) is 14.4 Å².